The number of methoxy groups -OCH3 is 3. The van der Waals surface area contributed by atoms with Crippen LogP contribution < -0.4 is 48.6 Å². The Hall–Kier alpha value is -15.1. The van der Waals surface area contributed by atoms with Crippen molar-refractivity contribution in [3.8, 4) is 33.4 Å². The van der Waals surface area contributed by atoms with Gasteiger partial charge in [-0.25, -0.2) is 40.7 Å². The van der Waals surface area contributed by atoms with Gasteiger partial charge in [0, 0.05) is 126 Å². The number of esters is 3. The van der Waals surface area contributed by atoms with Crippen molar-refractivity contribution in [3.63, 3.8) is 0 Å². The van der Waals surface area contributed by atoms with Crippen LogP contribution >= 0.6 is 0 Å². The smallest absolute Gasteiger partial charge is 0.417 e. The molecule has 6 aromatic heterocycles. The molecule has 3 amide bonds. The number of rotatable bonds is 26. The molecule has 143 heavy (non-hydrogen) atoms. The molecule has 0 saturated heterocycles. The van der Waals surface area contributed by atoms with Gasteiger partial charge in [-0.3, -0.25) is 43.7 Å². The van der Waals surface area contributed by atoms with Crippen molar-refractivity contribution < 1.29 is 148 Å². The number of hydrogen-bond acceptors (Lipinski definition) is 18. The van der Waals surface area contributed by atoms with Gasteiger partial charge in [0.1, 0.15) is 87.8 Å². The summed E-state index contributed by atoms with van der Waals surface area (Å²) in [6.07, 6.45) is -27.2. The third kappa shape index (κ3) is 24.8. The highest BCUT2D eigenvalue weighted by Crippen LogP contribution is 2.44. The zero-order chi connectivity index (χ0) is 106. The van der Waals surface area contributed by atoms with Crippen LogP contribution in [0.1, 0.15) is 115 Å². The van der Waals surface area contributed by atoms with Crippen molar-refractivity contribution in [3.05, 3.63) is 279 Å². The lowest BCUT2D eigenvalue weighted by atomic mass is 9.93. The summed E-state index contributed by atoms with van der Waals surface area (Å²) in [6.45, 7) is 7.18. The minimum absolute atomic E-state index is 0.0409. The number of aryl methyl sites for hydroxylation is 3. The number of ether oxygens (including phenoxy) is 3. The van der Waals surface area contributed by atoms with E-state index in [1.165, 1.54) is 147 Å². The molecule has 6 atom stereocenters. The van der Waals surface area contributed by atoms with Gasteiger partial charge in [0.2, 0.25) is 0 Å². The monoisotopic (exact) mass is 2040 g/mol. The second kappa shape index (κ2) is 43.6. The van der Waals surface area contributed by atoms with Gasteiger partial charge in [0.25, 0.3) is 34.4 Å². The Balaban J connectivity index is 0.000000220. The van der Waals surface area contributed by atoms with Crippen molar-refractivity contribution in [2.75, 3.05) is 37.3 Å². The van der Waals surface area contributed by atoms with Crippen molar-refractivity contribution in [1.29, 1.82) is 0 Å². The fraction of sp³-hybridized carbons (Fsp3) is 0.305. The number of halogens is 24. The Morgan fingerprint density at radius 1 is 0.357 bits per heavy atom. The topological polar surface area (TPSA) is 307 Å². The summed E-state index contributed by atoms with van der Waals surface area (Å²) in [4.78, 5) is 129. The standard InChI is InChI=1S/2C32H28F8N4O4.C31H26F8N4O4/c2*1-5-24(32(38,39)40)42-17-13-21(33)26(22(34)14-17)28(45)43-23(30(47)48-4)12-16-8-9-19(27-18(16)7-6-10-41-27)25-20(31(35,36)37)11-15(2)44(3)29(25)46;1-14-10-20(31(37,38)39)24(28(45)43(14)3)19-8-7-16(18-6-5-9-40-26(18)19)11-23(29(46)47-4)42-27(44)25-21(32)12-17(13-22(25)33)41-15(2)30(34,35)36/h2*6-11,13-14,23-24,42H,5,12H2,1-4H3,(H,43,45);5-10,12-13,15,23,41H,11H2,1-4H3,(H,42,44)/t2*23-,24+;15-,23+/m001/s1. The van der Waals surface area contributed by atoms with Gasteiger partial charge in [-0.1, -0.05) is 68.4 Å². The lowest BCUT2D eigenvalue weighted by molar-refractivity contribution is -0.143. The van der Waals surface area contributed by atoms with Crippen molar-refractivity contribution in [2.24, 2.45) is 21.1 Å². The van der Waals surface area contributed by atoms with Crippen LogP contribution in [0.2, 0.25) is 0 Å². The molecule has 0 bridgehead atoms. The number of carbonyl (C=O) groups excluding carboxylic acids is 6. The van der Waals surface area contributed by atoms with Gasteiger partial charge >= 0.3 is 55.0 Å². The average Bonchev–Trinajstić information content (AvgIpc) is 0.754. The number of benzene rings is 6. The van der Waals surface area contributed by atoms with Crippen LogP contribution in [0, 0.1) is 55.7 Å². The minimum atomic E-state index is -4.90. The van der Waals surface area contributed by atoms with Gasteiger partial charge in [-0.05, 0) is 130 Å². The molecule has 24 nitrogen and oxygen atoms in total. The van der Waals surface area contributed by atoms with E-state index in [-0.39, 0.29) is 83.2 Å². The Labute approximate surface area is 793 Å². The highest BCUT2D eigenvalue weighted by atomic mass is 19.4. The Bertz CT molecular complexity index is 6770. The summed E-state index contributed by atoms with van der Waals surface area (Å²) < 4.78 is 351. The largest absolute Gasteiger partial charge is 0.467 e. The second-order valence-corrected chi connectivity index (χ2v) is 32.2. The predicted molar refractivity (Wildman–Crippen MR) is 473 cm³/mol. The first-order valence-electron chi connectivity index (χ1n) is 42.2. The molecule has 0 fully saturated rings. The molecule has 6 heterocycles. The first kappa shape index (κ1) is 110. The van der Waals surface area contributed by atoms with Gasteiger partial charge < -0.3 is 59.8 Å². The van der Waals surface area contributed by atoms with Crippen LogP contribution in [0.5, 0.6) is 0 Å². The van der Waals surface area contributed by atoms with Crippen molar-refractivity contribution in [2.45, 2.75) is 147 Å². The fourth-order valence-corrected chi connectivity index (χ4v) is 15.3. The molecule has 12 rings (SSSR count). The third-order valence-electron chi connectivity index (χ3n) is 22.9. The lowest BCUT2D eigenvalue weighted by Crippen LogP contribution is -2.43. The van der Waals surface area contributed by atoms with E-state index in [1.807, 2.05) is 16.0 Å². The highest BCUT2D eigenvalue weighted by molar-refractivity contribution is 6.03. The maximum Gasteiger partial charge on any atom is 0.417 e. The lowest BCUT2D eigenvalue weighted by Gasteiger charge is -2.22. The van der Waals surface area contributed by atoms with E-state index in [2.05, 4.69) is 30.9 Å². The number of anilines is 3. The predicted octanol–water partition coefficient (Wildman–Crippen LogP) is 19.0. The molecule has 0 spiro atoms. The van der Waals surface area contributed by atoms with E-state index in [9.17, 15) is 149 Å². The number of nitrogens with zero attached hydrogens (tertiary/aromatic N) is 6. The maximum atomic E-state index is 14.9. The van der Waals surface area contributed by atoms with Crippen LogP contribution in [0.15, 0.2) is 160 Å². The van der Waals surface area contributed by atoms with Crippen molar-refractivity contribution in [1.82, 2.24) is 44.6 Å². The molecule has 0 aliphatic carbocycles. The summed E-state index contributed by atoms with van der Waals surface area (Å²) >= 11 is 0. The number of aromatic nitrogens is 6. The van der Waals surface area contributed by atoms with Crippen LogP contribution in [0.4, 0.5) is 122 Å². The number of hydrogen-bond donors (Lipinski definition) is 6. The molecule has 0 radical (unpaired) electrons. The summed E-state index contributed by atoms with van der Waals surface area (Å²) in [5.74, 6) is -16.6. The third-order valence-corrected chi connectivity index (χ3v) is 22.9. The van der Waals surface area contributed by atoms with Crippen LogP contribution in [-0.2, 0) is 87.5 Å². The Morgan fingerprint density at radius 3 is 0.804 bits per heavy atom. The molecule has 0 aliphatic heterocycles. The van der Waals surface area contributed by atoms with Gasteiger partial charge in [0.05, 0.1) is 71.3 Å². The minimum Gasteiger partial charge on any atom is -0.467 e. The van der Waals surface area contributed by atoms with Gasteiger partial charge in [-0.2, -0.15) is 79.0 Å². The number of alkyl halides is 18. The fourth-order valence-electron chi connectivity index (χ4n) is 15.3. The second-order valence-electron chi connectivity index (χ2n) is 32.2. The average molecular weight is 2040 g/mol. The number of carbonyl (C=O) groups is 6. The SMILES string of the molecule is CC[C@@H](Nc1cc(F)c(C(=O)N[C@@H](Cc2ccc(-c3c(C(F)(F)F)cc(C)n(C)c3=O)c3ncccc23)C(=O)OC)c(F)c1)C(F)(F)F.CC[C@@H](Nc1cc(F)c(C(=O)N[C@@H](Cc2ccc(-c3c(C(F)(F)F)cc(C)n(C)c3=O)c3ncccc23)C(=O)OC)c(F)c1)C(F)(F)F.COC(=O)[C@H](Cc1ccc(-c2c(C(F)(F)F)cc(C)n(C)c2=O)c2ncccc12)NC(=O)c1c(F)cc(N[C@H](C)C(F)(F)F)cc1F. The molecular weight excluding hydrogens is 1960 g/mol. The molecule has 762 valence electrons. The maximum absolute atomic E-state index is 14.9. The quantitative estimate of drug-likeness (QED) is 0.0167. The van der Waals surface area contributed by atoms with Gasteiger partial charge in [0.15, 0.2) is 0 Å². The number of nitrogens with one attached hydrogen (secondary N) is 6. The molecule has 0 aliphatic rings. The van der Waals surface area contributed by atoms with Crippen LogP contribution in [-0.4, -0.2) is 140 Å². The van der Waals surface area contributed by atoms with E-state index in [0.717, 1.165) is 60.2 Å². The van der Waals surface area contributed by atoms with Crippen molar-refractivity contribution >= 4 is 85.4 Å². The van der Waals surface area contributed by atoms with E-state index in [0.29, 0.717) is 36.4 Å². The number of pyridine rings is 6. The van der Waals surface area contributed by atoms with Crippen LogP contribution in [0.25, 0.3) is 66.1 Å². The van der Waals surface area contributed by atoms with Gasteiger partial charge in [-0.15, -0.1) is 0 Å². The molecule has 48 heteroatoms. The van der Waals surface area contributed by atoms with E-state index in [1.54, 1.807) is 0 Å². The molecule has 0 unspecified atom stereocenters. The van der Waals surface area contributed by atoms with E-state index < -0.39 is 260 Å². The summed E-state index contributed by atoms with van der Waals surface area (Å²) in [6, 6.07) is 10.5. The zero-order valence-corrected chi connectivity index (χ0v) is 76.5. The summed E-state index contributed by atoms with van der Waals surface area (Å²) in [5.41, 5.74) is -13.4. The summed E-state index contributed by atoms with van der Waals surface area (Å²) in [5, 5.41) is 12.9. The van der Waals surface area contributed by atoms with E-state index >= 15 is 0 Å². The molecule has 12 aromatic rings. The van der Waals surface area contributed by atoms with E-state index in [4.69, 9.17) is 14.2 Å². The molecule has 6 aromatic carbocycles. The first-order chi connectivity index (χ1) is 66.6. The highest BCUT2D eigenvalue weighted by Gasteiger charge is 2.45. The summed E-state index contributed by atoms with van der Waals surface area (Å²) in [7, 11) is 6.86. The molecule has 0 saturated carbocycles. The number of amides is 3. The van der Waals surface area contributed by atoms with Crippen LogP contribution in [0.3, 0.4) is 0 Å². The molecular formula is C95H82F24N12O12. The number of fused-ring (bicyclic) bond motifs is 3. The zero-order valence-electron chi connectivity index (χ0n) is 76.5. The Kier molecular flexibility index (Phi) is 33.5. The normalized spacial score (nSPS) is 13.3. The first-order valence-corrected chi connectivity index (χ1v) is 42.2. The molecule has 6 N–H and O–H groups in total. The Morgan fingerprint density at radius 2 is 0.594 bits per heavy atom.